The average molecular weight is 288 g/mol. The highest BCUT2D eigenvalue weighted by molar-refractivity contribution is 7.09. The first-order chi connectivity index (χ1) is 9.74. The van der Waals surface area contributed by atoms with Gasteiger partial charge >= 0.3 is 0 Å². The Labute approximate surface area is 124 Å². The summed E-state index contributed by atoms with van der Waals surface area (Å²) >= 11 is 1.73. The first-order valence-electron chi connectivity index (χ1n) is 6.75. The van der Waals surface area contributed by atoms with Crippen LogP contribution in [0, 0.1) is 0 Å². The molecule has 1 amide bonds. The van der Waals surface area contributed by atoms with Crippen LogP contribution in [-0.2, 0) is 17.8 Å². The second-order valence-corrected chi connectivity index (χ2v) is 5.87. The Balaban J connectivity index is 1.66. The number of carbonyl (C=O) groups is 1. The summed E-state index contributed by atoms with van der Waals surface area (Å²) in [4.78, 5) is 15.2. The molecule has 106 valence electrons. The summed E-state index contributed by atoms with van der Waals surface area (Å²) in [7, 11) is 1.96. The number of hydrogen-bond donors (Lipinski definition) is 1. The minimum atomic E-state index is 0.0833. The number of hydrogen-bond acceptors (Lipinski definition) is 3. The largest absolute Gasteiger partial charge is 0.355 e. The summed E-state index contributed by atoms with van der Waals surface area (Å²) in [6.45, 7) is 1.93. The van der Waals surface area contributed by atoms with Crippen LogP contribution >= 0.6 is 11.3 Å². The molecular weight excluding hydrogens is 268 g/mol. The summed E-state index contributed by atoms with van der Waals surface area (Å²) in [5.74, 6) is 0.0833. The summed E-state index contributed by atoms with van der Waals surface area (Å²) in [6.07, 6.45) is 0.909. The van der Waals surface area contributed by atoms with E-state index in [-0.39, 0.29) is 5.91 Å². The molecule has 0 saturated carbocycles. The van der Waals surface area contributed by atoms with Gasteiger partial charge in [0.15, 0.2) is 0 Å². The fourth-order valence-electron chi connectivity index (χ4n) is 2.03. The molecule has 0 unspecified atom stereocenters. The van der Waals surface area contributed by atoms with Gasteiger partial charge in [-0.1, -0.05) is 36.4 Å². The molecule has 2 aromatic rings. The zero-order chi connectivity index (χ0) is 14.2. The van der Waals surface area contributed by atoms with Crippen molar-refractivity contribution in [3.63, 3.8) is 0 Å². The predicted molar refractivity (Wildman–Crippen MR) is 83.8 cm³/mol. The van der Waals surface area contributed by atoms with E-state index in [0.29, 0.717) is 13.1 Å². The van der Waals surface area contributed by atoms with Gasteiger partial charge in [-0.15, -0.1) is 11.3 Å². The van der Waals surface area contributed by atoms with E-state index in [1.54, 1.807) is 11.3 Å². The molecule has 0 saturated heterocycles. The van der Waals surface area contributed by atoms with Crippen molar-refractivity contribution in [2.24, 2.45) is 0 Å². The molecule has 2 rings (SSSR count). The Morgan fingerprint density at radius 3 is 2.70 bits per heavy atom. The molecule has 0 bridgehead atoms. The van der Waals surface area contributed by atoms with Gasteiger partial charge in [0.1, 0.15) is 0 Å². The molecule has 1 aromatic carbocycles. The highest BCUT2D eigenvalue weighted by atomic mass is 32.1. The molecule has 3 nitrogen and oxygen atoms in total. The number of amides is 1. The summed E-state index contributed by atoms with van der Waals surface area (Å²) < 4.78 is 0. The average Bonchev–Trinajstić information content (AvgIpc) is 2.93. The van der Waals surface area contributed by atoms with Crippen LogP contribution in [0.1, 0.15) is 10.4 Å². The van der Waals surface area contributed by atoms with E-state index in [0.717, 1.165) is 13.0 Å². The zero-order valence-corrected chi connectivity index (χ0v) is 12.5. The van der Waals surface area contributed by atoms with Crippen LogP contribution in [0.3, 0.4) is 0 Å². The third-order valence-corrected chi connectivity index (χ3v) is 3.92. The maximum absolute atomic E-state index is 11.8. The van der Waals surface area contributed by atoms with Crippen LogP contribution in [0.2, 0.25) is 0 Å². The lowest BCUT2D eigenvalue weighted by Crippen LogP contribution is -2.35. The van der Waals surface area contributed by atoms with Crippen LogP contribution in [-0.4, -0.2) is 30.9 Å². The van der Waals surface area contributed by atoms with Crippen LogP contribution in [0.25, 0.3) is 0 Å². The molecule has 0 aliphatic heterocycles. The third kappa shape index (κ3) is 5.15. The Morgan fingerprint density at radius 2 is 2.00 bits per heavy atom. The van der Waals surface area contributed by atoms with Gasteiger partial charge in [0.2, 0.25) is 5.91 Å². The monoisotopic (exact) mass is 288 g/mol. The lowest BCUT2D eigenvalue weighted by molar-refractivity contribution is -0.122. The molecule has 1 N–H and O–H groups in total. The van der Waals surface area contributed by atoms with Gasteiger partial charge in [0, 0.05) is 18.0 Å². The van der Waals surface area contributed by atoms with Crippen LogP contribution in [0.5, 0.6) is 0 Å². The first kappa shape index (κ1) is 14.8. The predicted octanol–water partition coefficient (Wildman–Crippen LogP) is 2.54. The highest BCUT2D eigenvalue weighted by Crippen LogP contribution is 2.08. The molecular formula is C16H20N2OS. The third-order valence-electron chi connectivity index (χ3n) is 2.98. The van der Waals surface area contributed by atoms with E-state index in [4.69, 9.17) is 0 Å². The number of benzene rings is 1. The van der Waals surface area contributed by atoms with Gasteiger partial charge in [-0.2, -0.15) is 0 Å². The van der Waals surface area contributed by atoms with E-state index in [2.05, 4.69) is 28.9 Å². The lowest BCUT2D eigenvalue weighted by atomic mass is 10.2. The number of nitrogens with zero attached hydrogens (tertiary/aromatic N) is 1. The van der Waals surface area contributed by atoms with Crippen LogP contribution < -0.4 is 5.32 Å². The molecule has 20 heavy (non-hydrogen) atoms. The topological polar surface area (TPSA) is 32.3 Å². The van der Waals surface area contributed by atoms with E-state index < -0.39 is 0 Å². The summed E-state index contributed by atoms with van der Waals surface area (Å²) in [5, 5.41) is 5.02. The smallest absolute Gasteiger partial charge is 0.234 e. The van der Waals surface area contributed by atoms with Gasteiger partial charge in [-0.3, -0.25) is 9.69 Å². The van der Waals surface area contributed by atoms with E-state index in [1.807, 2.05) is 36.2 Å². The Kier molecular flexibility index (Phi) is 5.77. The lowest BCUT2D eigenvalue weighted by Gasteiger charge is -2.16. The van der Waals surface area contributed by atoms with Crippen molar-refractivity contribution in [1.29, 1.82) is 0 Å². The molecule has 0 fully saturated rings. The number of nitrogens with one attached hydrogen (secondary N) is 1. The number of thiophene rings is 1. The Hall–Kier alpha value is -1.65. The molecule has 0 aliphatic rings. The Bertz CT molecular complexity index is 511. The van der Waals surface area contributed by atoms with Gasteiger partial charge in [0.05, 0.1) is 6.54 Å². The molecule has 0 radical (unpaired) electrons. The van der Waals surface area contributed by atoms with Gasteiger partial charge in [-0.25, -0.2) is 0 Å². The van der Waals surface area contributed by atoms with Crippen molar-refractivity contribution in [3.05, 3.63) is 58.3 Å². The maximum Gasteiger partial charge on any atom is 0.234 e. The standard InChI is InChI=1S/C16H20N2OS/c1-18(12-14-6-3-2-4-7-14)13-16(19)17-10-9-15-8-5-11-20-15/h2-8,11H,9-10,12-13H2,1H3,(H,17,19). The molecule has 4 heteroatoms. The van der Waals surface area contributed by atoms with Crippen molar-refractivity contribution in [3.8, 4) is 0 Å². The summed E-state index contributed by atoms with van der Waals surface area (Å²) in [5.41, 5.74) is 1.22. The van der Waals surface area contributed by atoms with Crippen molar-refractivity contribution >= 4 is 17.2 Å². The minimum absolute atomic E-state index is 0.0833. The second kappa shape index (κ2) is 7.82. The van der Waals surface area contributed by atoms with Gasteiger partial charge in [0.25, 0.3) is 0 Å². The highest BCUT2D eigenvalue weighted by Gasteiger charge is 2.06. The summed E-state index contributed by atoms with van der Waals surface area (Å²) in [6, 6.07) is 14.3. The Morgan fingerprint density at radius 1 is 1.20 bits per heavy atom. The molecule has 0 aliphatic carbocycles. The fourth-order valence-corrected chi connectivity index (χ4v) is 2.74. The van der Waals surface area contributed by atoms with E-state index >= 15 is 0 Å². The quantitative estimate of drug-likeness (QED) is 0.849. The van der Waals surface area contributed by atoms with Crippen molar-refractivity contribution < 1.29 is 4.79 Å². The van der Waals surface area contributed by atoms with Gasteiger partial charge in [-0.05, 0) is 30.5 Å². The first-order valence-corrected chi connectivity index (χ1v) is 7.63. The SMILES string of the molecule is CN(CC(=O)NCCc1cccs1)Cc1ccccc1. The molecule has 0 atom stereocenters. The molecule has 0 spiro atoms. The number of likely N-dealkylation sites (N-methyl/N-ethyl adjacent to an activating group) is 1. The van der Waals surface area contributed by atoms with Gasteiger partial charge < -0.3 is 5.32 Å². The number of carbonyl (C=O) groups excluding carboxylic acids is 1. The van der Waals surface area contributed by atoms with Crippen molar-refractivity contribution in [2.45, 2.75) is 13.0 Å². The normalized spacial score (nSPS) is 10.7. The van der Waals surface area contributed by atoms with E-state index in [9.17, 15) is 4.79 Å². The maximum atomic E-state index is 11.8. The molecule has 1 heterocycles. The van der Waals surface area contributed by atoms with Crippen molar-refractivity contribution in [2.75, 3.05) is 20.1 Å². The number of rotatable bonds is 7. The van der Waals surface area contributed by atoms with Crippen LogP contribution in [0.15, 0.2) is 47.8 Å². The van der Waals surface area contributed by atoms with Crippen molar-refractivity contribution in [1.82, 2.24) is 10.2 Å². The minimum Gasteiger partial charge on any atom is -0.355 e. The zero-order valence-electron chi connectivity index (χ0n) is 11.7. The fraction of sp³-hybridized carbons (Fsp3) is 0.312. The van der Waals surface area contributed by atoms with E-state index in [1.165, 1.54) is 10.4 Å². The molecule has 1 aromatic heterocycles. The second-order valence-electron chi connectivity index (χ2n) is 4.84. The van der Waals surface area contributed by atoms with Crippen LogP contribution in [0.4, 0.5) is 0 Å².